The largest absolute Gasteiger partial charge is 0.508 e. The van der Waals surface area contributed by atoms with Gasteiger partial charge in [0.25, 0.3) is 5.91 Å². The van der Waals surface area contributed by atoms with Crippen LogP contribution in [0.3, 0.4) is 0 Å². The van der Waals surface area contributed by atoms with Crippen molar-refractivity contribution in [3.63, 3.8) is 0 Å². The molecule has 130 valence electrons. The molecule has 2 rings (SSSR count). The lowest BCUT2D eigenvalue weighted by atomic mass is 10.1. The lowest BCUT2D eigenvalue weighted by molar-refractivity contribution is -0.141. The molecular weight excluding hydrogens is 324 g/mol. The van der Waals surface area contributed by atoms with Gasteiger partial charge in [-0.1, -0.05) is 31.2 Å². The SMILES string of the molecule is CC/C=C(/C)C(=O)N1CSCC1C(=O)N(C)Cc1ccccc1O. The standard InChI is InChI=1S/C18H24N2O3S/c1-4-7-13(2)17(22)20-12-24-11-15(20)18(23)19(3)10-14-8-5-6-9-16(14)21/h5-9,15,21H,4,10-12H2,1-3H3/b13-7-. The summed E-state index contributed by atoms with van der Waals surface area (Å²) in [5, 5.41) is 9.86. The van der Waals surface area contributed by atoms with Crippen LogP contribution in [0.4, 0.5) is 0 Å². The average Bonchev–Trinajstić information content (AvgIpc) is 3.05. The van der Waals surface area contributed by atoms with Crippen molar-refractivity contribution in [3.05, 3.63) is 41.5 Å². The minimum atomic E-state index is -0.446. The number of amides is 2. The normalized spacial score (nSPS) is 17.9. The predicted molar refractivity (Wildman–Crippen MR) is 96.6 cm³/mol. The van der Waals surface area contributed by atoms with Crippen molar-refractivity contribution >= 4 is 23.6 Å². The van der Waals surface area contributed by atoms with Crippen LogP contribution in [0.2, 0.25) is 0 Å². The van der Waals surface area contributed by atoms with Crippen LogP contribution in [-0.2, 0) is 16.1 Å². The van der Waals surface area contributed by atoms with E-state index in [4.69, 9.17) is 0 Å². The molecule has 2 amide bonds. The highest BCUT2D eigenvalue weighted by Gasteiger charge is 2.36. The number of carbonyl (C=O) groups excluding carboxylic acids is 2. The molecule has 1 atom stereocenters. The molecule has 6 heteroatoms. The summed E-state index contributed by atoms with van der Waals surface area (Å²) in [5.41, 5.74) is 1.38. The molecular formula is C18H24N2O3S. The van der Waals surface area contributed by atoms with Crippen molar-refractivity contribution in [2.45, 2.75) is 32.9 Å². The fourth-order valence-corrected chi connectivity index (χ4v) is 3.84. The van der Waals surface area contributed by atoms with Gasteiger partial charge in [-0.2, -0.15) is 0 Å². The smallest absolute Gasteiger partial charge is 0.250 e. The number of hydrogen-bond donors (Lipinski definition) is 1. The number of phenols is 1. The van der Waals surface area contributed by atoms with E-state index in [0.29, 0.717) is 29.3 Å². The summed E-state index contributed by atoms with van der Waals surface area (Å²) in [6, 6.07) is 6.52. The molecule has 0 bridgehead atoms. The van der Waals surface area contributed by atoms with Crippen LogP contribution in [0.1, 0.15) is 25.8 Å². The second-order valence-corrected chi connectivity index (χ2v) is 6.91. The van der Waals surface area contributed by atoms with E-state index in [1.807, 2.05) is 19.1 Å². The Labute approximate surface area is 147 Å². The van der Waals surface area contributed by atoms with Crippen LogP contribution in [0.15, 0.2) is 35.9 Å². The molecule has 0 spiro atoms. The van der Waals surface area contributed by atoms with Crippen LogP contribution in [-0.4, -0.2) is 51.4 Å². The summed E-state index contributed by atoms with van der Waals surface area (Å²) in [4.78, 5) is 28.5. The molecule has 1 N–H and O–H groups in total. The van der Waals surface area contributed by atoms with E-state index in [1.54, 1.807) is 53.7 Å². The van der Waals surface area contributed by atoms with Crippen LogP contribution in [0.25, 0.3) is 0 Å². The van der Waals surface area contributed by atoms with Crippen LogP contribution in [0.5, 0.6) is 5.75 Å². The summed E-state index contributed by atoms with van der Waals surface area (Å²) < 4.78 is 0. The second-order valence-electron chi connectivity index (χ2n) is 5.91. The quantitative estimate of drug-likeness (QED) is 0.831. The Morgan fingerprint density at radius 2 is 2.12 bits per heavy atom. The number of carbonyl (C=O) groups is 2. The van der Waals surface area contributed by atoms with E-state index < -0.39 is 6.04 Å². The van der Waals surface area contributed by atoms with Gasteiger partial charge in [-0.15, -0.1) is 11.8 Å². The lowest BCUT2D eigenvalue weighted by Crippen LogP contribution is -2.47. The van der Waals surface area contributed by atoms with Crippen molar-refractivity contribution in [1.82, 2.24) is 9.80 Å². The highest BCUT2D eigenvalue weighted by molar-refractivity contribution is 7.99. The van der Waals surface area contributed by atoms with Crippen molar-refractivity contribution in [1.29, 1.82) is 0 Å². The number of para-hydroxylation sites is 1. The molecule has 0 saturated carbocycles. The number of benzene rings is 1. The number of nitrogens with zero attached hydrogens (tertiary/aromatic N) is 2. The molecule has 1 aliphatic rings. The zero-order chi connectivity index (χ0) is 17.7. The highest BCUT2D eigenvalue weighted by atomic mass is 32.2. The van der Waals surface area contributed by atoms with E-state index in [1.165, 1.54) is 0 Å². The average molecular weight is 348 g/mol. The molecule has 1 aromatic carbocycles. The second kappa shape index (κ2) is 8.24. The summed E-state index contributed by atoms with van der Waals surface area (Å²) >= 11 is 1.59. The maximum Gasteiger partial charge on any atom is 0.250 e. The number of hydrogen-bond acceptors (Lipinski definition) is 4. The first kappa shape index (κ1) is 18.4. The van der Waals surface area contributed by atoms with Crippen molar-refractivity contribution in [2.75, 3.05) is 18.7 Å². The zero-order valence-electron chi connectivity index (χ0n) is 14.4. The van der Waals surface area contributed by atoms with Gasteiger partial charge in [-0.25, -0.2) is 0 Å². The van der Waals surface area contributed by atoms with Crippen LogP contribution >= 0.6 is 11.8 Å². The van der Waals surface area contributed by atoms with Gasteiger partial charge in [-0.05, 0) is 19.4 Å². The third kappa shape index (κ3) is 4.12. The van der Waals surface area contributed by atoms with E-state index in [-0.39, 0.29) is 17.6 Å². The summed E-state index contributed by atoms with van der Waals surface area (Å²) in [6.45, 7) is 4.10. The van der Waals surface area contributed by atoms with Crippen LogP contribution < -0.4 is 0 Å². The number of thioether (sulfide) groups is 1. The number of rotatable bonds is 5. The Hall–Kier alpha value is -1.95. The number of phenolic OH excluding ortho intramolecular Hbond substituents is 1. The third-order valence-electron chi connectivity index (χ3n) is 4.05. The summed E-state index contributed by atoms with van der Waals surface area (Å²) in [5.74, 6) is 1.15. The fraction of sp³-hybridized carbons (Fsp3) is 0.444. The van der Waals surface area contributed by atoms with Crippen molar-refractivity contribution < 1.29 is 14.7 Å². The molecule has 1 aliphatic heterocycles. The van der Waals surface area contributed by atoms with Gasteiger partial charge < -0.3 is 14.9 Å². The Kier molecular flexibility index (Phi) is 6.31. The maximum absolute atomic E-state index is 12.8. The number of allylic oxidation sites excluding steroid dienone is 1. The van der Waals surface area contributed by atoms with E-state index >= 15 is 0 Å². The first-order valence-corrected chi connectivity index (χ1v) is 9.18. The maximum atomic E-state index is 12.8. The van der Waals surface area contributed by atoms with Crippen molar-refractivity contribution in [2.24, 2.45) is 0 Å². The molecule has 1 fully saturated rings. The van der Waals surface area contributed by atoms with Gasteiger partial charge in [0.2, 0.25) is 5.91 Å². The Bertz CT molecular complexity index is 645. The minimum Gasteiger partial charge on any atom is -0.508 e. The Morgan fingerprint density at radius 1 is 1.42 bits per heavy atom. The molecule has 0 aliphatic carbocycles. The Balaban J connectivity index is 2.08. The summed E-state index contributed by atoms with van der Waals surface area (Å²) in [6.07, 6.45) is 2.68. The lowest BCUT2D eigenvalue weighted by Gasteiger charge is -2.27. The molecule has 1 unspecified atom stereocenters. The fourth-order valence-electron chi connectivity index (χ4n) is 2.70. The van der Waals surface area contributed by atoms with Crippen LogP contribution in [0, 0.1) is 0 Å². The molecule has 0 radical (unpaired) electrons. The molecule has 5 nitrogen and oxygen atoms in total. The Morgan fingerprint density at radius 3 is 2.79 bits per heavy atom. The highest BCUT2D eigenvalue weighted by Crippen LogP contribution is 2.25. The third-order valence-corrected chi connectivity index (χ3v) is 5.06. The molecule has 24 heavy (non-hydrogen) atoms. The van der Waals surface area contributed by atoms with E-state index in [2.05, 4.69) is 0 Å². The van der Waals surface area contributed by atoms with Gasteiger partial charge in [0.1, 0.15) is 11.8 Å². The predicted octanol–water partition coefficient (Wildman–Crippen LogP) is 2.61. The van der Waals surface area contributed by atoms with Gasteiger partial charge in [0, 0.05) is 30.5 Å². The van der Waals surface area contributed by atoms with E-state index in [0.717, 1.165) is 6.42 Å². The summed E-state index contributed by atoms with van der Waals surface area (Å²) in [7, 11) is 1.70. The first-order valence-electron chi connectivity index (χ1n) is 8.03. The van der Waals surface area contributed by atoms with Gasteiger partial charge in [-0.3, -0.25) is 9.59 Å². The topological polar surface area (TPSA) is 60.9 Å². The van der Waals surface area contributed by atoms with Gasteiger partial charge in [0.15, 0.2) is 0 Å². The first-order chi connectivity index (χ1) is 11.5. The molecule has 1 aromatic rings. The number of likely N-dealkylation sites (N-methyl/N-ethyl adjacent to an activating group) is 1. The number of aromatic hydroxyl groups is 1. The van der Waals surface area contributed by atoms with Gasteiger partial charge in [0.05, 0.1) is 5.88 Å². The zero-order valence-corrected chi connectivity index (χ0v) is 15.2. The minimum absolute atomic E-state index is 0.0730. The van der Waals surface area contributed by atoms with Crippen molar-refractivity contribution in [3.8, 4) is 5.75 Å². The monoisotopic (exact) mass is 348 g/mol. The molecule has 1 heterocycles. The van der Waals surface area contributed by atoms with Gasteiger partial charge >= 0.3 is 0 Å². The van der Waals surface area contributed by atoms with E-state index in [9.17, 15) is 14.7 Å². The molecule has 1 saturated heterocycles. The molecule has 0 aromatic heterocycles.